The molecule has 0 aliphatic heterocycles. The van der Waals surface area contributed by atoms with Gasteiger partial charge in [0, 0.05) is 0 Å². The van der Waals surface area contributed by atoms with Crippen LogP contribution in [0.25, 0.3) is 0 Å². The topological polar surface area (TPSA) is 0 Å². The zero-order chi connectivity index (χ0) is 17.2. The monoisotopic (exact) mass is 316 g/mol. The molecule has 0 spiro atoms. The van der Waals surface area contributed by atoms with Crippen molar-refractivity contribution in [3.63, 3.8) is 0 Å². The predicted octanol–water partition coefficient (Wildman–Crippen LogP) is 7.41. The first-order valence-electron chi connectivity index (χ1n) is 10.2. The number of allylic oxidation sites excluding steroid dienone is 2. The van der Waals surface area contributed by atoms with Crippen molar-refractivity contribution in [3.8, 4) is 0 Å². The van der Waals surface area contributed by atoms with E-state index in [1.165, 1.54) is 62.5 Å². The summed E-state index contributed by atoms with van der Waals surface area (Å²) in [4.78, 5) is 0. The van der Waals surface area contributed by atoms with Crippen molar-refractivity contribution in [2.24, 2.45) is 35.0 Å². The fraction of sp³-hybridized carbons (Fsp3) is 0.826. The summed E-state index contributed by atoms with van der Waals surface area (Å²) in [6.07, 6.45) is 11.0. The van der Waals surface area contributed by atoms with Crippen molar-refractivity contribution < 1.29 is 0 Å². The minimum atomic E-state index is 0.363. The first-order chi connectivity index (χ1) is 10.9. The summed E-state index contributed by atoms with van der Waals surface area (Å²) in [5.74, 6) is 4.81. The molecule has 3 aliphatic carbocycles. The van der Waals surface area contributed by atoms with Gasteiger partial charge in [-0.25, -0.2) is 0 Å². The zero-order valence-corrected chi connectivity index (χ0v) is 16.5. The van der Waals surface area contributed by atoms with Gasteiger partial charge in [-0.15, -0.1) is 0 Å². The molecule has 0 aromatic rings. The molecule has 5 unspecified atom stereocenters. The van der Waals surface area contributed by atoms with E-state index >= 15 is 0 Å². The molecule has 5 atom stereocenters. The van der Waals surface area contributed by atoms with Gasteiger partial charge in [0.1, 0.15) is 0 Å². The molecule has 0 radical (unpaired) electrons. The highest BCUT2D eigenvalue weighted by Crippen LogP contribution is 2.54. The fourth-order valence-corrected chi connectivity index (χ4v) is 5.69. The van der Waals surface area contributed by atoms with Crippen molar-refractivity contribution in [1.82, 2.24) is 0 Å². The maximum atomic E-state index is 4.41. The van der Waals surface area contributed by atoms with E-state index in [9.17, 15) is 0 Å². The standard InChI is InChI=1S/C21H34.C2H6/c1-14-6-9-19-18-10-11-21(4,5)16(3)7-8-17(18)13-15(2)20(19)12-14;1-2/h15,17-20H,1,3,6-13H2,2,4-5H3;1-2H3. The van der Waals surface area contributed by atoms with Gasteiger partial charge in [0.2, 0.25) is 0 Å². The largest absolute Gasteiger partial charge is 0.0999 e. The molecule has 132 valence electrons. The molecule has 3 saturated carbocycles. The van der Waals surface area contributed by atoms with Gasteiger partial charge in [-0.1, -0.05) is 58.9 Å². The quantitative estimate of drug-likeness (QED) is 0.408. The number of fused-ring (bicyclic) bond motifs is 3. The summed E-state index contributed by atoms with van der Waals surface area (Å²) in [5.41, 5.74) is 3.40. The van der Waals surface area contributed by atoms with Gasteiger partial charge in [0.25, 0.3) is 0 Å². The molecule has 0 saturated heterocycles. The highest BCUT2D eigenvalue weighted by molar-refractivity contribution is 5.11. The lowest BCUT2D eigenvalue weighted by Gasteiger charge is -2.51. The molecule has 0 aromatic carbocycles. The molecule has 0 bridgehead atoms. The first kappa shape index (κ1) is 18.8. The van der Waals surface area contributed by atoms with E-state index in [2.05, 4.69) is 33.9 Å². The van der Waals surface area contributed by atoms with Crippen molar-refractivity contribution in [1.29, 1.82) is 0 Å². The van der Waals surface area contributed by atoms with Gasteiger partial charge in [-0.2, -0.15) is 0 Å². The molecular formula is C23H40. The van der Waals surface area contributed by atoms with E-state index in [1.54, 1.807) is 0 Å². The highest BCUT2D eigenvalue weighted by atomic mass is 14.5. The lowest BCUT2D eigenvalue weighted by Crippen LogP contribution is -2.42. The number of hydrogen-bond acceptors (Lipinski definition) is 0. The molecule has 0 N–H and O–H groups in total. The van der Waals surface area contributed by atoms with E-state index in [1.807, 2.05) is 13.8 Å². The number of rotatable bonds is 0. The third-order valence-corrected chi connectivity index (χ3v) is 7.34. The minimum Gasteiger partial charge on any atom is -0.0999 e. The summed E-state index contributed by atoms with van der Waals surface area (Å²) in [5, 5.41) is 0. The van der Waals surface area contributed by atoms with Crippen LogP contribution in [-0.4, -0.2) is 0 Å². The van der Waals surface area contributed by atoms with Crippen LogP contribution in [0.2, 0.25) is 0 Å². The first-order valence-corrected chi connectivity index (χ1v) is 10.2. The van der Waals surface area contributed by atoms with Crippen LogP contribution in [0.5, 0.6) is 0 Å². The van der Waals surface area contributed by atoms with Crippen molar-refractivity contribution in [3.05, 3.63) is 24.3 Å². The van der Waals surface area contributed by atoms with Crippen LogP contribution < -0.4 is 0 Å². The Morgan fingerprint density at radius 3 is 2.30 bits per heavy atom. The molecule has 23 heavy (non-hydrogen) atoms. The van der Waals surface area contributed by atoms with Crippen molar-refractivity contribution in [2.45, 2.75) is 86.0 Å². The van der Waals surface area contributed by atoms with Gasteiger partial charge >= 0.3 is 0 Å². The smallest absolute Gasteiger partial charge is 0.0147 e. The molecule has 3 rings (SSSR count). The van der Waals surface area contributed by atoms with E-state index in [4.69, 9.17) is 0 Å². The third-order valence-electron chi connectivity index (χ3n) is 7.34. The Morgan fingerprint density at radius 2 is 1.61 bits per heavy atom. The fourth-order valence-electron chi connectivity index (χ4n) is 5.69. The van der Waals surface area contributed by atoms with E-state index in [-0.39, 0.29) is 0 Å². The van der Waals surface area contributed by atoms with Crippen LogP contribution in [-0.2, 0) is 0 Å². The second kappa shape index (κ2) is 7.58. The Morgan fingerprint density at radius 1 is 0.913 bits per heavy atom. The molecule has 0 heterocycles. The lowest BCUT2D eigenvalue weighted by atomic mass is 9.54. The Balaban J connectivity index is 0.000000924. The summed E-state index contributed by atoms with van der Waals surface area (Å²) >= 11 is 0. The molecule has 0 nitrogen and oxygen atoms in total. The summed E-state index contributed by atoms with van der Waals surface area (Å²) in [7, 11) is 0. The average molecular weight is 317 g/mol. The van der Waals surface area contributed by atoms with Gasteiger partial charge in [0.15, 0.2) is 0 Å². The minimum absolute atomic E-state index is 0.363. The molecule has 0 aromatic heterocycles. The molecule has 3 fully saturated rings. The third kappa shape index (κ3) is 3.94. The van der Waals surface area contributed by atoms with Gasteiger partial charge in [0.05, 0.1) is 0 Å². The van der Waals surface area contributed by atoms with Crippen LogP contribution in [0.4, 0.5) is 0 Å². The van der Waals surface area contributed by atoms with Crippen LogP contribution in [0, 0.1) is 35.0 Å². The lowest BCUT2D eigenvalue weighted by molar-refractivity contribution is 0.00842. The molecule has 0 heteroatoms. The zero-order valence-electron chi connectivity index (χ0n) is 16.5. The Bertz CT molecular complexity index is 427. The van der Waals surface area contributed by atoms with E-state index < -0.39 is 0 Å². The molecule has 3 aliphatic rings. The maximum absolute atomic E-state index is 4.41. The Labute approximate surface area is 145 Å². The molecular weight excluding hydrogens is 276 g/mol. The van der Waals surface area contributed by atoms with Gasteiger partial charge in [-0.05, 0) is 86.4 Å². The van der Waals surface area contributed by atoms with Gasteiger partial charge < -0.3 is 0 Å². The Hall–Kier alpha value is -0.520. The van der Waals surface area contributed by atoms with Crippen LogP contribution in [0.3, 0.4) is 0 Å². The van der Waals surface area contributed by atoms with Crippen LogP contribution in [0.1, 0.15) is 86.0 Å². The average Bonchev–Trinajstić information content (AvgIpc) is 2.53. The number of hydrogen-bond donors (Lipinski definition) is 0. The molecule has 0 amide bonds. The second-order valence-corrected chi connectivity index (χ2v) is 9.02. The SMILES string of the molecule is C=C1CCC2C(C1)C(C)CC1CCC(=C)C(C)(C)CCC12.CC. The summed E-state index contributed by atoms with van der Waals surface area (Å²) in [6, 6.07) is 0. The van der Waals surface area contributed by atoms with Crippen molar-refractivity contribution >= 4 is 0 Å². The Kier molecular flexibility index (Phi) is 6.20. The van der Waals surface area contributed by atoms with Crippen molar-refractivity contribution in [2.75, 3.05) is 0 Å². The van der Waals surface area contributed by atoms with E-state index in [0.717, 1.165) is 29.6 Å². The second-order valence-electron chi connectivity index (χ2n) is 9.02. The normalized spacial score (nSPS) is 40.0. The highest BCUT2D eigenvalue weighted by Gasteiger charge is 2.45. The van der Waals surface area contributed by atoms with Gasteiger partial charge in [-0.3, -0.25) is 0 Å². The van der Waals surface area contributed by atoms with Crippen LogP contribution in [0.15, 0.2) is 24.3 Å². The predicted molar refractivity (Wildman–Crippen MR) is 103 cm³/mol. The van der Waals surface area contributed by atoms with E-state index in [0.29, 0.717) is 5.41 Å². The summed E-state index contributed by atoms with van der Waals surface area (Å²) < 4.78 is 0. The summed E-state index contributed by atoms with van der Waals surface area (Å²) in [6.45, 7) is 20.1. The maximum Gasteiger partial charge on any atom is -0.0147 e. The van der Waals surface area contributed by atoms with Crippen LogP contribution >= 0.6 is 0 Å².